The topological polar surface area (TPSA) is 122 Å². The molecule has 0 aromatic carbocycles. The van der Waals surface area contributed by atoms with Crippen molar-refractivity contribution in [2.24, 2.45) is 0 Å². The lowest BCUT2D eigenvalue weighted by atomic mass is 10.0. The van der Waals surface area contributed by atoms with Gasteiger partial charge in [-0.1, -0.05) is 154 Å². The third-order valence-electron chi connectivity index (χ3n) is 6.00. The SMILES string of the molecule is C1CCCCCCCCCCCCCCCCCCCCCCC1.[N].[N].[N].[N]. The van der Waals surface area contributed by atoms with Crippen molar-refractivity contribution in [2.75, 3.05) is 0 Å². The fourth-order valence-electron chi connectivity index (χ4n) is 4.24. The quantitative estimate of drug-likeness (QED) is 0.406. The second kappa shape index (κ2) is 31.5. The van der Waals surface area contributed by atoms with E-state index < -0.39 is 0 Å². The first-order chi connectivity index (χ1) is 12.0. The average Bonchev–Trinajstić information content (AvgIpc) is 2.59. The molecule has 0 bridgehead atoms. The van der Waals surface area contributed by atoms with Crippen LogP contribution in [0.5, 0.6) is 0 Å². The summed E-state index contributed by atoms with van der Waals surface area (Å²) >= 11 is 0. The minimum Gasteiger partial charge on any atom is -0.0533 e. The van der Waals surface area contributed by atoms with Gasteiger partial charge in [0.15, 0.2) is 0 Å². The molecule has 0 aromatic rings. The largest absolute Gasteiger partial charge is 0.0533 e. The Labute approximate surface area is 179 Å². The molecule has 4 nitrogen and oxygen atoms in total. The van der Waals surface area contributed by atoms with E-state index >= 15 is 0 Å². The van der Waals surface area contributed by atoms with Crippen molar-refractivity contribution in [3.8, 4) is 0 Å². The van der Waals surface area contributed by atoms with Gasteiger partial charge in [0, 0.05) is 24.6 Å². The second-order valence-electron chi connectivity index (χ2n) is 8.49. The molecule has 0 atom stereocenters. The minimum absolute atomic E-state index is 0. The van der Waals surface area contributed by atoms with Crippen LogP contribution in [0.15, 0.2) is 0 Å². The fraction of sp³-hybridized carbons (Fsp3) is 1.00. The van der Waals surface area contributed by atoms with E-state index in [0.717, 1.165) is 0 Å². The summed E-state index contributed by atoms with van der Waals surface area (Å²) in [5.74, 6) is 0. The van der Waals surface area contributed by atoms with Crippen molar-refractivity contribution in [1.29, 1.82) is 0 Å². The molecule has 0 amide bonds. The van der Waals surface area contributed by atoms with E-state index in [9.17, 15) is 0 Å². The number of hydrogen-bond donors (Lipinski definition) is 0. The van der Waals surface area contributed by atoms with Crippen molar-refractivity contribution in [2.45, 2.75) is 154 Å². The Morgan fingerprint density at radius 3 is 0.179 bits per heavy atom. The molecule has 28 heavy (non-hydrogen) atoms. The van der Waals surface area contributed by atoms with Crippen LogP contribution in [0.3, 0.4) is 0 Å². The fourth-order valence-corrected chi connectivity index (χ4v) is 4.24. The van der Waals surface area contributed by atoms with E-state index in [1.807, 2.05) is 0 Å². The smallest absolute Gasteiger partial charge is 0 e. The number of rotatable bonds is 0. The lowest BCUT2D eigenvalue weighted by Gasteiger charge is -2.05. The first-order valence-corrected chi connectivity index (χ1v) is 12.0. The maximum absolute atomic E-state index is 1.50. The van der Waals surface area contributed by atoms with E-state index in [-0.39, 0.29) is 24.6 Å². The zero-order chi connectivity index (χ0) is 17.0. The van der Waals surface area contributed by atoms with Crippen LogP contribution in [-0.2, 0) is 0 Å². The minimum atomic E-state index is 0. The molecular weight excluding hydrogens is 344 g/mol. The van der Waals surface area contributed by atoms with Crippen LogP contribution >= 0.6 is 0 Å². The van der Waals surface area contributed by atoms with Crippen molar-refractivity contribution >= 4 is 0 Å². The zero-order valence-corrected chi connectivity index (χ0v) is 18.8. The van der Waals surface area contributed by atoms with Gasteiger partial charge in [0.2, 0.25) is 0 Å². The monoisotopic (exact) mass is 392 g/mol. The molecule has 4 heteroatoms. The summed E-state index contributed by atoms with van der Waals surface area (Å²) in [5.41, 5.74) is 0. The number of hydrogen-bond acceptors (Lipinski definition) is 0. The molecule has 1 saturated carbocycles. The van der Waals surface area contributed by atoms with Crippen molar-refractivity contribution < 1.29 is 0 Å². The molecular formula is C24H48N4. The maximum Gasteiger partial charge on any atom is 0 e. The maximum atomic E-state index is 1.50. The third-order valence-corrected chi connectivity index (χ3v) is 6.00. The van der Waals surface area contributed by atoms with Gasteiger partial charge in [-0.15, -0.1) is 0 Å². The normalized spacial score (nSPS) is 20.6. The lowest BCUT2D eigenvalue weighted by molar-refractivity contribution is 0.504. The second-order valence-corrected chi connectivity index (χ2v) is 8.49. The highest BCUT2D eigenvalue weighted by Gasteiger charge is 1.97. The first-order valence-electron chi connectivity index (χ1n) is 12.0. The number of nitrogens with zero attached hydrogens (tertiary/aromatic N) is 4. The summed E-state index contributed by atoms with van der Waals surface area (Å²) in [6.07, 6.45) is 36.0. The predicted octanol–water partition coefficient (Wildman–Crippen LogP) is 7.44. The van der Waals surface area contributed by atoms with Gasteiger partial charge in [-0.05, 0) is 0 Å². The van der Waals surface area contributed by atoms with Gasteiger partial charge in [0.05, 0.1) is 0 Å². The predicted molar refractivity (Wildman–Crippen MR) is 119 cm³/mol. The highest BCUT2D eigenvalue weighted by molar-refractivity contribution is 4.52. The molecule has 0 aliphatic heterocycles. The van der Waals surface area contributed by atoms with Crippen LogP contribution in [-0.4, -0.2) is 0 Å². The van der Waals surface area contributed by atoms with Gasteiger partial charge >= 0.3 is 0 Å². The van der Waals surface area contributed by atoms with Gasteiger partial charge in [0.1, 0.15) is 0 Å². The van der Waals surface area contributed by atoms with Crippen LogP contribution in [0.25, 0.3) is 0 Å². The summed E-state index contributed by atoms with van der Waals surface area (Å²) < 4.78 is 0. The molecule has 0 heterocycles. The van der Waals surface area contributed by atoms with Gasteiger partial charge in [-0.3, -0.25) is 0 Å². The molecule has 0 aromatic heterocycles. The Kier molecular flexibility index (Phi) is 39.7. The third kappa shape index (κ3) is 28.1. The Balaban J connectivity index is -0.000000720. The molecule has 1 rings (SSSR count). The van der Waals surface area contributed by atoms with Gasteiger partial charge in [-0.2, -0.15) is 0 Å². The molecule has 12 radical (unpaired) electrons. The van der Waals surface area contributed by atoms with E-state index in [1.165, 1.54) is 154 Å². The highest BCUT2D eigenvalue weighted by atomic mass is 14.0. The summed E-state index contributed by atoms with van der Waals surface area (Å²) in [5, 5.41) is 0. The summed E-state index contributed by atoms with van der Waals surface area (Å²) in [6.45, 7) is 0. The molecule has 0 spiro atoms. The van der Waals surface area contributed by atoms with Crippen molar-refractivity contribution in [3.63, 3.8) is 0 Å². The van der Waals surface area contributed by atoms with Gasteiger partial charge in [0.25, 0.3) is 0 Å². The molecule has 0 unspecified atom stereocenters. The van der Waals surface area contributed by atoms with Crippen molar-refractivity contribution in [3.05, 3.63) is 0 Å². The van der Waals surface area contributed by atoms with Crippen molar-refractivity contribution in [1.82, 2.24) is 24.6 Å². The molecule has 0 saturated heterocycles. The Bertz CT molecular complexity index is 127. The Morgan fingerprint density at radius 1 is 0.107 bits per heavy atom. The molecule has 1 fully saturated rings. The van der Waals surface area contributed by atoms with Crippen LogP contribution in [0.1, 0.15) is 154 Å². The van der Waals surface area contributed by atoms with E-state index in [1.54, 1.807) is 0 Å². The summed E-state index contributed by atoms with van der Waals surface area (Å²) in [4.78, 5) is 0. The standard InChI is InChI=1S/C24H48.4N/c1-2-4-6-8-10-12-14-16-18-20-22-24-23-21-19-17-15-13-11-9-7-5-3-1;;;;/h1-24H2;;;;. The van der Waals surface area contributed by atoms with E-state index in [4.69, 9.17) is 0 Å². The summed E-state index contributed by atoms with van der Waals surface area (Å²) in [6, 6.07) is 0. The zero-order valence-electron chi connectivity index (χ0n) is 18.8. The van der Waals surface area contributed by atoms with E-state index in [0.29, 0.717) is 0 Å². The molecule has 0 N–H and O–H groups in total. The first kappa shape index (κ1) is 35.3. The molecule has 1 aliphatic carbocycles. The summed E-state index contributed by atoms with van der Waals surface area (Å²) in [7, 11) is 0. The molecule has 1 aliphatic rings. The Morgan fingerprint density at radius 2 is 0.143 bits per heavy atom. The lowest BCUT2D eigenvalue weighted by Crippen LogP contribution is -1.85. The van der Waals surface area contributed by atoms with Crippen LogP contribution in [0, 0.1) is 0 Å². The molecule has 164 valence electrons. The van der Waals surface area contributed by atoms with E-state index in [2.05, 4.69) is 0 Å². The highest BCUT2D eigenvalue weighted by Crippen LogP contribution is 2.17. The van der Waals surface area contributed by atoms with Gasteiger partial charge < -0.3 is 0 Å². The average molecular weight is 393 g/mol. The van der Waals surface area contributed by atoms with Crippen LogP contribution in [0.4, 0.5) is 0 Å². The Hall–Kier alpha value is -0.160. The van der Waals surface area contributed by atoms with Crippen LogP contribution < -0.4 is 24.6 Å². The van der Waals surface area contributed by atoms with Gasteiger partial charge in [-0.25, -0.2) is 0 Å². The van der Waals surface area contributed by atoms with Crippen LogP contribution in [0.2, 0.25) is 0 Å².